The van der Waals surface area contributed by atoms with Gasteiger partial charge in [0.1, 0.15) is 0 Å². The predicted molar refractivity (Wildman–Crippen MR) is 95.6 cm³/mol. The molecule has 0 aliphatic rings. The number of aliphatic carboxylic acids is 1. The van der Waals surface area contributed by atoms with Gasteiger partial charge in [0.25, 0.3) is 11.8 Å². The van der Waals surface area contributed by atoms with E-state index < -0.39 is 5.97 Å². The number of methoxy groups -OCH3 is 1. The van der Waals surface area contributed by atoms with Crippen LogP contribution in [0, 0.1) is 0 Å². The highest BCUT2D eigenvalue weighted by molar-refractivity contribution is 5.94. The molecule has 0 unspecified atom stereocenters. The standard InChI is InChI=1S/C18H26N2O6/c1-12(2)19-16(21)11-26-14-8-7-13(10-15(14)25-4)18(24)20(3)9-5-6-17(22)23/h7-8,10,12H,5-6,9,11H2,1-4H3,(H,19,21)(H,22,23). The van der Waals surface area contributed by atoms with Crippen LogP contribution in [0.3, 0.4) is 0 Å². The summed E-state index contributed by atoms with van der Waals surface area (Å²) in [7, 11) is 3.05. The van der Waals surface area contributed by atoms with E-state index in [-0.39, 0.29) is 30.9 Å². The molecular formula is C18H26N2O6. The summed E-state index contributed by atoms with van der Waals surface area (Å²) in [6.45, 7) is 3.88. The molecule has 2 N–H and O–H groups in total. The Hall–Kier alpha value is -2.77. The molecule has 26 heavy (non-hydrogen) atoms. The molecule has 0 atom stereocenters. The van der Waals surface area contributed by atoms with Gasteiger partial charge in [-0.05, 0) is 38.5 Å². The number of hydrogen-bond donors (Lipinski definition) is 2. The smallest absolute Gasteiger partial charge is 0.303 e. The number of benzene rings is 1. The normalized spacial score (nSPS) is 10.3. The van der Waals surface area contributed by atoms with Gasteiger partial charge >= 0.3 is 5.97 Å². The van der Waals surface area contributed by atoms with Crippen LogP contribution in [0.15, 0.2) is 18.2 Å². The Bertz CT molecular complexity index is 645. The van der Waals surface area contributed by atoms with Crippen molar-refractivity contribution in [2.45, 2.75) is 32.7 Å². The minimum Gasteiger partial charge on any atom is -0.493 e. The number of carbonyl (C=O) groups is 3. The number of hydrogen-bond acceptors (Lipinski definition) is 5. The highest BCUT2D eigenvalue weighted by Crippen LogP contribution is 2.28. The Morgan fingerprint density at radius 1 is 1.23 bits per heavy atom. The molecule has 0 bridgehead atoms. The van der Waals surface area contributed by atoms with Crippen molar-refractivity contribution in [1.82, 2.24) is 10.2 Å². The first kappa shape index (κ1) is 21.3. The number of rotatable bonds is 10. The third-order valence-electron chi connectivity index (χ3n) is 3.45. The number of carbonyl (C=O) groups excluding carboxylic acids is 2. The second-order valence-corrected chi connectivity index (χ2v) is 6.10. The van der Waals surface area contributed by atoms with Gasteiger partial charge in [-0.15, -0.1) is 0 Å². The monoisotopic (exact) mass is 366 g/mol. The summed E-state index contributed by atoms with van der Waals surface area (Å²) in [5.41, 5.74) is 0.388. The van der Waals surface area contributed by atoms with Crippen LogP contribution in [-0.2, 0) is 9.59 Å². The molecule has 8 nitrogen and oxygen atoms in total. The first-order valence-corrected chi connectivity index (χ1v) is 8.32. The van der Waals surface area contributed by atoms with Crippen molar-refractivity contribution >= 4 is 17.8 Å². The largest absolute Gasteiger partial charge is 0.493 e. The summed E-state index contributed by atoms with van der Waals surface area (Å²) in [6.07, 6.45) is 0.382. The number of nitrogens with one attached hydrogen (secondary N) is 1. The maximum Gasteiger partial charge on any atom is 0.303 e. The van der Waals surface area contributed by atoms with E-state index in [0.717, 1.165) is 0 Å². The Labute approximate surface area is 153 Å². The van der Waals surface area contributed by atoms with Gasteiger partial charge in [0.05, 0.1) is 7.11 Å². The fourth-order valence-electron chi connectivity index (χ4n) is 2.22. The van der Waals surface area contributed by atoms with Crippen LogP contribution in [-0.4, -0.2) is 61.1 Å². The van der Waals surface area contributed by atoms with Gasteiger partial charge in [0, 0.05) is 31.6 Å². The molecule has 0 radical (unpaired) electrons. The van der Waals surface area contributed by atoms with E-state index in [1.54, 1.807) is 19.2 Å². The van der Waals surface area contributed by atoms with Crippen molar-refractivity contribution in [3.63, 3.8) is 0 Å². The molecule has 8 heteroatoms. The van der Waals surface area contributed by atoms with E-state index in [4.69, 9.17) is 14.6 Å². The van der Waals surface area contributed by atoms with Crippen LogP contribution in [0.1, 0.15) is 37.0 Å². The Morgan fingerprint density at radius 2 is 1.92 bits per heavy atom. The molecule has 0 saturated heterocycles. The zero-order valence-electron chi connectivity index (χ0n) is 15.6. The van der Waals surface area contributed by atoms with Crippen molar-refractivity contribution in [2.75, 3.05) is 27.3 Å². The number of carboxylic acids is 1. The van der Waals surface area contributed by atoms with Gasteiger partial charge in [-0.1, -0.05) is 0 Å². The van der Waals surface area contributed by atoms with Crippen LogP contribution >= 0.6 is 0 Å². The van der Waals surface area contributed by atoms with E-state index in [1.807, 2.05) is 13.8 Å². The Balaban J connectivity index is 2.73. The van der Waals surface area contributed by atoms with Crippen LogP contribution in [0.5, 0.6) is 11.5 Å². The van der Waals surface area contributed by atoms with Crippen LogP contribution in [0.4, 0.5) is 0 Å². The molecule has 1 aromatic rings. The molecular weight excluding hydrogens is 340 g/mol. The molecule has 0 fully saturated rings. The third kappa shape index (κ3) is 7.00. The SMILES string of the molecule is COc1cc(C(=O)N(C)CCCC(=O)O)ccc1OCC(=O)NC(C)C. The molecule has 1 aromatic carbocycles. The lowest BCUT2D eigenvalue weighted by Gasteiger charge is -2.18. The van der Waals surface area contributed by atoms with Crippen molar-refractivity contribution < 1.29 is 29.0 Å². The molecule has 144 valence electrons. The van der Waals surface area contributed by atoms with E-state index in [2.05, 4.69) is 5.32 Å². The lowest BCUT2D eigenvalue weighted by Crippen LogP contribution is -2.34. The molecule has 1 rings (SSSR count). The van der Waals surface area contributed by atoms with Crippen molar-refractivity contribution in [2.24, 2.45) is 0 Å². The molecule has 0 heterocycles. The zero-order valence-corrected chi connectivity index (χ0v) is 15.6. The van der Waals surface area contributed by atoms with Crippen LogP contribution in [0.25, 0.3) is 0 Å². The maximum atomic E-state index is 12.4. The second kappa shape index (κ2) is 10.3. The molecule has 0 aromatic heterocycles. The summed E-state index contributed by atoms with van der Waals surface area (Å²) in [4.78, 5) is 36.1. The summed E-state index contributed by atoms with van der Waals surface area (Å²) in [5.74, 6) is -0.697. The van der Waals surface area contributed by atoms with E-state index in [1.165, 1.54) is 18.1 Å². The fraction of sp³-hybridized carbons (Fsp3) is 0.500. The van der Waals surface area contributed by atoms with Gasteiger partial charge in [-0.3, -0.25) is 14.4 Å². The average molecular weight is 366 g/mol. The predicted octanol–water partition coefficient (Wildman–Crippen LogP) is 1.54. The van der Waals surface area contributed by atoms with Gasteiger partial charge in [-0.25, -0.2) is 0 Å². The highest BCUT2D eigenvalue weighted by atomic mass is 16.5. The Morgan fingerprint density at radius 3 is 2.50 bits per heavy atom. The van der Waals surface area contributed by atoms with Crippen molar-refractivity contribution in [3.8, 4) is 11.5 Å². The summed E-state index contributed by atoms with van der Waals surface area (Å²) >= 11 is 0. The summed E-state index contributed by atoms with van der Waals surface area (Å²) in [6, 6.07) is 4.70. The minimum absolute atomic E-state index is 0.00611. The minimum atomic E-state index is -0.893. The highest BCUT2D eigenvalue weighted by Gasteiger charge is 2.16. The molecule has 0 spiro atoms. The Kier molecular flexibility index (Phi) is 8.41. The number of ether oxygens (including phenoxy) is 2. The van der Waals surface area contributed by atoms with Crippen LogP contribution in [0.2, 0.25) is 0 Å². The lowest BCUT2D eigenvalue weighted by molar-refractivity contribution is -0.137. The average Bonchev–Trinajstić information content (AvgIpc) is 2.58. The molecule has 0 saturated carbocycles. The first-order valence-electron chi connectivity index (χ1n) is 8.32. The topological polar surface area (TPSA) is 105 Å². The van der Waals surface area contributed by atoms with Crippen LogP contribution < -0.4 is 14.8 Å². The third-order valence-corrected chi connectivity index (χ3v) is 3.45. The fourth-order valence-corrected chi connectivity index (χ4v) is 2.22. The first-order chi connectivity index (χ1) is 12.2. The molecule has 0 aliphatic heterocycles. The van der Waals surface area contributed by atoms with Crippen molar-refractivity contribution in [3.05, 3.63) is 23.8 Å². The summed E-state index contributed by atoms with van der Waals surface area (Å²) in [5, 5.41) is 11.4. The van der Waals surface area contributed by atoms with E-state index in [9.17, 15) is 14.4 Å². The number of amides is 2. The lowest BCUT2D eigenvalue weighted by atomic mass is 10.1. The number of nitrogens with zero attached hydrogens (tertiary/aromatic N) is 1. The maximum absolute atomic E-state index is 12.4. The van der Waals surface area contributed by atoms with E-state index >= 15 is 0 Å². The summed E-state index contributed by atoms with van der Waals surface area (Å²) < 4.78 is 10.7. The second-order valence-electron chi connectivity index (χ2n) is 6.10. The van der Waals surface area contributed by atoms with Crippen molar-refractivity contribution in [1.29, 1.82) is 0 Å². The van der Waals surface area contributed by atoms with Gasteiger partial charge in [0.2, 0.25) is 0 Å². The zero-order chi connectivity index (χ0) is 19.7. The van der Waals surface area contributed by atoms with Gasteiger partial charge < -0.3 is 24.8 Å². The molecule has 2 amide bonds. The molecule has 0 aliphatic carbocycles. The quantitative estimate of drug-likeness (QED) is 0.651. The van der Waals surface area contributed by atoms with Gasteiger partial charge in [0.15, 0.2) is 18.1 Å². The number of carboxylic acid groups (broad SMARTS) is 1. The van der Waals surface area contributed by atoms with E-state index in [0.29, 0.717) is 30.0 Å². The van der Waals surface area contributed by atoms with Gasteiger partial charge in [-0.2, -0.15) is 0 Å².